The molecule has 0 aliphatic heterocycles. The van der Waals surface area contributed by atoms with Crippen molar-refractivity contribution >= 4 is 5.69 Å². The van der Waals surface area contributed by atoms with E-state index in [9.17, 15) is 4.79 Å². The minimum absolute atomic E-state index is 0.0653. The topological polar surface area (TPSA) is 63.3 Å². The van der Waals surface area contributed by atoms with Gasteiger partial charge in [-0.2, -0.15) is 5.10 Å². The van der Waals surface area contributed by atoms with Crippen LogP contribution < -0.4 is 15.8 Å². The summed E-state index contributed by atoms with van der Waals surface area (Å²) in [5, 5.41) is 7.49. The number of rotatable bonds is 8. The molecule has 0 unspecified atom stereocenters. The van der Waals surface area contributed by atoms with Crippen molar-refractivity contribution in [2.45, 2.75) is 26.9 Å². The summed E-state index contributed by atoms with van der Waals surface area (Å²) in [5.41, 5.74) is 1.91. The molecule has 0 amide bonds. The zero-order valence-electron chi connectivity index (χ0n) is 12.6. The summed E-state index contributed by atoms with van der Waals surface area (Å²) in [6.07, 6.45) is 5.11. The Bertz CT molecular complexity index is 588. The molecule has 21 heavy (non-hydrogen) atoms. The van der Waals surface area contributed by atoms with Crippen LogP contribution in [0.5, 0.6) is 0 Å². The largest absolute Gasteiger partial charge is 0.472 e. The quantitative estimate of drug-likeness (QED) is 0.746. The minimum atomic E-state index is -0.0653. The van der Waals surface area contributed by atoms with Crippen LogP contribution in [0.25, 0.3) is 0 Å². The van der Waals surface area contributed by atoms with Crippen molar-refractivity contribution in [2.75, 3.05) is 24.5 Å². The fourth-order valence-electron chi connectivity index (χ4n) is 2.16. The van der Waals surface area contributed by atoms with Gasteiger partial charge in [0.05, 0.1) is 31.0 Å². The lowest BCUT2D eigenvalue weighted by molar-refractivity contribution is 0.526. The number of aromatic nitrogens is 2. The number of hydrogen-bond donors (Lipinski definition) is 1. The number of hydrogen-bond acceptors (Lipinski definition) is 5. The maximum Gasteiger partial charge on any atom is 0.268 e. The van der Waals surface area contributed by atoms with Gasteiger partial charge in [-0.05, 0) is 19.9 Å². The zero-order valence-corrected chi connectivity index (χ0v) is 12.6. The van der Waals surface area contributed by atoms with E-state index in [1.165, 1.54) is 4.68 Å². The van der Waals surface area contributed by atoms with Crippen LogP contribution in [-0.4, -0.2) is 29.4 Å². The summed E-state index contributed by atoms with van der Waals surface area (Å²) in [6, 6.07) is 3.56. The monoisotopic (exact) mass is 290 g/mol. The molecule has 2 aromatic heterocycles. The second-order valence-electron chi connectivity index (χ2n) is 4.76. The summed E-state index contributed by atoms with van der Waals surface area (Å²) in [6.45, 7) is 7.83. The maximum atomic E-state index is 12.0. The second kappa shape index (κ2) is 7.64. The van der Waals surface area contributed by atoms with Gasteiger partial charge in [-0.1, -0.05) is 0 Å². The van der Waals surface area contributed by atoms with Crippen LogP contribution in [0.3, 0.4) is 0 Å². The lowest BCUT2D eigenvalue weighted by Crippen LogP contribution is -2.30. The van der Waals surface area contributed by atoms with Gasteiger partial charge < -0.3 is 14.6 Å². The Kier molecular flexibility index (Phi) is 5.57. The molecule has 2 rings (SSSR count). The predicted octanol–water partition coefficient (Wildman–Crippen LogP) is 1.47. The van der Waals surface area contributed by atoms with Crippen LogP contribution in [0.2, 0.25) is 0 Å². The lowest BCUT2D eigenvalue weighted by atomic mass is 10.3. The molecule has 2 aromatic rings. The van der Waals surface area contributed by atoms with Crippen LogP contribution in [-0.2, 0) is 13.1 Å². The molecule has 0 aliphatic rings. The predicted molar refractivity (Wildman–Crippen MR) is 82.5 cm³/mol. The summed E-state index contributed by atoms with van der Waals surface area (Å²) in [4.78, 5) is 14.1. The van der Waals surface area contributed by atoms with Crippen LogP contribution in [0.1, 0.15) is 19.4 Å². The van der Waals surface area contributed by atoms with Crippen molar-refractivity contribution in [2.24, 2.45) is 0 Å². The molecule has 0 fully saturated rings. The number of nitrogens with one attached hydrogen (secondary N) is 1. The van der Waals surface area contributed by atoms with Crippen LogP contribution in [0, 0.1) is 0 Å². The first-order valence-corrected chi connectivity index (χ1v) is 7.28. The Hall–Kier alpha value is -2.08. The molecule has 6 nitrogen and oxygen atoms in total. The highest BCUT2D eigenvalue weighted by Gasteiger charge is 2.05. The summed E-state index contributed by atoms with van der Waals surface area (Å²) >= 11 is 0. The maximum absolute atomic E-state index is 12.0. The first-order valence-electron chi connectivity index (χ1n) is 7.28. The Morgan fingerprint density at radius 1 is 1.38 bits per heavy atom. The minimum Gasteiger partial charge on any atom is -0.472 e. The van der Waals surface area contributed by atoms with Gasteiger partial charge in [0.25, 0.3) is 5.56 Å². The SMILES string of the molecule is CCN(CC)c1cnn(CCNCc2ccoc2)c(=O)c1. The van der Waals surface area contributed by atoms with Gasteiger partial charge in [-0.25, -0.2) is 4.68 Å². The average molecular weight is 290 g/mol. The van der Waals surface area contributed by atoms with Gasteiger partial charge in [0, 0.05) is 37.8 Å². The lowest BCUT2D eigenvalue weighted by Gasteiger charge is -2.20. The molecular formula is C15H22N4O2. The Morgan fingerprint density at radius 2 is 2.19 bits per heavy atom. The fraction of sp³-hybridized carbons (Fsp3) is 0.467. The van der Waals surface area contributed by atoms with E-state index in [4.69, 9.17) is 4.42 Å². The Morgan fingerprint density at radius 3 is 2.81 bits per heavy atom. The van der Waals surface area contributed by atoms with E-state index in [0.717, 1.165) is 30.9 Å². The third kappa shape index (κ3) is 4.19. The molecule has 1 N–H and O–H groups in total. The van der Waals surface area contributed by atoms with Crippen LogP contribution >= 0.6 is 0 Å². The van der Waals surface area contributed by atoms with Crippen LogP contribution in [0.15, 0.2) is 40.1 Å². The van der Waals surface area contributed by atoms with Gasteiger partial charge in [0.1, 0.15) is 0 Å². The first kappa shape index (κ1) is 15.3. The van der Waals surface area contributed by atoms with Gasteiger partial charge in [0.2, 0.25) is 0 Å². The molecular weight excluding hydrogens is 268 g/mol. The molecule has 114 valence electrons. The van der Waals surface area contributed by atoms with E-state index in [2.05, 4.69) is 29.2 Å². The molecule has 0 saturated heterocycles. The first-order chi connectivity index (χ1) is 10.2. The highest BCUT2D eigenvalue weighted by Crippen LogP contribution is 2.07. The molecule has 0 atom stereocenters. The highest BCUT2D eigenvalue weighted by molar-refractivity contribution is 5.42. The van der Waals surface area contributed by atoms with Crippen molar-refractivity contribution in [3.8, 4) is 0 Å². The van der Waals surface area contributed by atoms with Crippen molar-refractivity contribution in [1.29, 1.82) is 0 Å². The van der Waals surface area contributed by atoms with Gasteiger partial charge >= 0.3 is 0 Å². The molecule has 0 aromatic carbocycles. The summed E-state index contributed by atoms with van der Waals surface area (Å²) in [5.74, 6) is 0. The third-order valence-electron chi connectivity index (χ3n) is 3.39. The van der Waals surface area contributed by atoms with Gasteiger partial charge in [0.15, 0.2) is 0 Å². The molecule has 0 radical (unpaired) electrons. The molecule has 0 bridgehead atoms. The molecule has 0 saturated carbocycles. The fourth-order valence-corrected chi connectivity index (χ4v) is 2.16. The number of nitrogens with zero attached hydrogens (tertiary/aromatic N) is 3. The number of furan rings is 1. The van der Waals surface area contributed by atoms with Gasteiger partial charge in [-0.15, -0.1) is 0 Å². The molecule has 6 heteroatoms. The summed E-state index contributed by atoms with van der Waals surface area (Å²) < 4.78 is 6.48. The van der Waals surface area contributed by atoms with Crippen LogP contribution in [0.4, 0.5) is 5.69 Å². The summed E-state index contributed by atoms with van der Waals surface area (Å²) in [7, 11) is 0. The van der Waals surface area contributed by atoms with E-state index in [1.807, 2.05) is 6.07 Å². The Balaban J connectivity index is 1.87. The second-order valence-corrected chi connectivity index (χ2v) is 4.76. The van der Waals surface area contributed by atoms with E-state index in [1.54, 1.807) is 24.8 Å². The Labute approximate surface area is 124 Å². The highest BCUT2D eigenvalue weighted by atomic mass is 16.3. The van der Waals surface area contributed by atoms with Crippen molar-refractivity contribution in [3.63, 3.8) is 0 Å². The molecule has 0 spiro atoms. The number of anilines is 1. The zero-order chi connectivity index (χ0) is 15.1. The van der Waals surface area contributed by atoms with E-state index in [0.29, 0.717) is 13.1 Å². The van der Waals surface area contributed by atoms with E-state index >= 15 is 0 Å². The van der Waals surface area contributed by atoms with Crippen molar-refractivity contribution < 1.29 is 4.42 Å². The standard InChI is InChI=1S/C15H22N4O2/c1-3-18(4-2)14-9-15(20)19(17-11-14)7-6-16-10-13-5-8-21-12-13/h5,8-9,11-12,16H,3-4,6-7,10H2,1-2H3. The molecule has 2 heterocycles. The third-order valence-corrected chi connectivity index (χ3v) is 3.39. The van der Waals surface area contributed by atoms with E-state index < -0.39 is 0 Å². The smallest absolute Gasteiger partial charge is 0.268 e. The average Bonchev–Trinajstić information content (AvgIpc) is 3.00. The van der Waals surface area contributed by atoms with E-state index in [-0.39, 0.29) is 5.56 Å². The van der Waals surface area contributed by atoms with Crippen molar-refractivity contribution in [3.05, 3.63) is 46.8 Å². The normalized spacial score (nSPS) is 10.8. The van der Waals surface area contributed by atoms with Crippen molar-refractivity contribution in [1.82, 2.24) is 15.1 Å². The van der Waals surface area contributed by atoms with Gasteiger partial charge in [-0.3, -0.25) is 4.79 Å². The molecule has 0 aliphatic carbocycles.